The Hall–Kier alpha value is -3.67. The van der Waals surface area contributed by atoms with Gasteiger partial charge < -0.3 is 14.6 Å². The normalized spacial score (nSPS) is 11.6. The average Bonchev–Trinajstić information content (AvgIpc) is 3.23. The zero-order valence-corrected chi connectivity index (χ0v) is 22.0. The van der Waals surface area contributed by atoms with E-state index in [1.54, 1.807) is 12.1 Å². The van der Waals surface area contributed by atoms with E-state index in [1.807, 2.05) is 30.3 Å². The van der Waals surface area contributed by atoms with Crippen molar-refractivity contribution in [2.45, 2.75) is 58.4 Å². The third-order valence-electron chi connectivity index (χ3n) is 6.52. The van der Waals surface area contributed by atoms with Crippen molar-refractivity contribution in [3.05, 3.63) is 95.6 Å². The number of ether oxygens (including phenoxy) is 1. The Morgan fingerprint density at radius 2 is 1.68 bits per heavy atom. The summed E-state index contributed by atoms with van der Waals surface area (Å²) in [4.78, 5) is 17.0. The highest BCUT2D eigenvalue weighted by Crippen LogP contribution is 2.24. The van der Waals surface area contributed by atoms with E-state index in [2.05, 4.69) is 48.9 Å². The van der Waals surface area contributed by atoms with Crippen molar-refractivity contribution < 1.29 is 13.9 Å². The van der Waals surface area contributed by atoms with E-state index in [-0.39, 0.29) is 16.9 Å². The molecule has 0 aliphatic heterocycles. The minimum absolute atomic E-state index is 0.0866. The molecule has 0 saturated carbocycles. The van der Waals surface area contributed by atoms with Crippen LogP contribution in [-0.4, -0.2) is 28.6 Å². The van der Waals surface area contributed by atoms with Crippen LogP contribution in [0.1, 0.15) is 61.8 Å². The van der Waals surface area contributed by atoms with Crippen LogP contribution in [0.25, 0.3) is 11.0 Å². The first-order valence-electron chi connectivity index (χ1n) is 13.0. The van der Waals surface area contributed by atoms with Gasteiger partial charge >= 0.3 is 0 Å². The fourth-order valence-electron chi connectivity index (χ4n) is 4.40. The van der Waals surface area contributed by atoms with Gasteiger partial charge in [-0.15, -0.1) is 0 Å². The molecule has 37 heavy (non-hydrogen) atoms. The van der Waals surface area contributed by atoms with Gasteiger partial charge in [-0.2, -0.15) is 0 Å². The summed E-state index contributed by atoms with van der Waals surface area (Å²) in [6, 6.07) is 22.6. The molecule has 1 heterocycles. The first-order chi connectivity index (χ1) is 17.8. The molecule has 0 atom stereocenters. The second-order valence-corrected chi connectivity index (χ2v) is 10.3. The van der Waals surface area contributed by atoms with Crippen molar-refractivity contribution >= 4 is 16.9 Å². The number of fused-ring (bicyclic) bond motifs is 1. The summed E-state index contributed by atoms with van der Waals surface area (Å²) < 4.78 is 22.1. The van der Waals surface area contributed by atoms with E-state index in [0.29, 0.717) is 13.2 Å². The van der Waals surface area contributed by atoms with Gasteiger partial charge in [0.05, 0.1) is 23.1 Å². The quantitative estimate of drug-likeness (QED) is 0.233. The Labute approximate surface area is 218 Å². The molecule has 194 valence electrons. The molecule has 0 fully saturated rings. The van der Waals surface area contributed by atoms with Crippen LogP contribution >= 0.6 is 0 Å². The van der Waals surface area contributed by atoms with Crippen LogP contribution in [0.2, 0.25) is 0 Å². The molecule has 3 aromatic carbocycles. The Balaban J connectivity index is 1.28. The number of carbonyl (C=O) groups is 1. The number of carbonyl (C=O) groups excluding carboxylic acids is 1. The number of nitrogens with one attached hydrogen (secondary N) is 1. The SMILES string of the molecule is CC(C)(C)c1ccc(OCCn2c(CCCCCNC(=O)c3ccccc3F)nc3ccccc32)cc1. The maximum absolute atomic E-state index is 13.7. The highest BCUT2D eigenvalue weighted by atomic mass is 19.1. The predicted octanol–water partition coefficient (Wildman–Crippen LogP) is 6.69. The van der Waals surface area contributed by atoms with Gasteiger partial charge in [-0.3, -0.25) is 4.79 Å². The Morgan fingerprint density at radius 3 is 2.43 bits per heavy atom. The van der Waals surface area contributed by atoms with E-state index in [1.165, 1.54) is 17.7 Å². The van der Waals surface area contributed by atoms with Crippen molar-refractivity contribution in [1.82, 2.24) is 14.9 Å². The van der Waals surface area contributed by atoms with Gasteiger partial charge in [0.1, 0.15) is 24.0 Å². The minimum atomic E-state index is -0.496. The van der Waals surface area contributed by atoms with Crippen LogP contribution in [0.5, 0.6) is 5.75 Å². The number of imidazole rings is 1. The fraction of sp³-hybridized carbons (Fsp3) is 0.355. The number of rotatable bonds is 11. The number of para-hydroxylation sites is 2. The number of nitrogens with zero attached hydrogens (tertiary/aromatic N) is 2. The molecule has 0 radical (unpaired) electrons. The summed E-state index contributed by atoms with van der Waals surface area (Å²) in [6.07, 6.45) is 3.57. The number of hydrogen-bond acceptors (Lipinski definition) is 3. The van der Waals surface area contributed by atoms with E-state index < -0.39 is 5.82 Å². The molecule has 4 rings (SSSR count). The van der Waals surface area contributed by atoms with E-state index in [9.17, 15) is 9.18 Å². The summed E-state index contributed by atoms with van der Waals surface area (Å²) in [6.45, 7) is 8.41. The van der Waals surface area contributed by atoms with Gasteiger partial charge in [-0.25, -0.2) is 9.37 Å². The number of hydrogen-bond donors (Lipinski definition) is 1. The highest BCUT2D eigenvalue weighted by molar-refractivity contribution is 5.94. The first kappa shape index (κ1) is 26.4. The molecule has 0 bridgehead atoms. The summed E-state index contributed by atoms with van der Waals surface area (Å²) in [5.74, 6) is 1.05. The largest absolute Gasteiger partial charge is 0.492 e. The molecule has 0 aliphatic rings. The smallest absolute Gasteiger partial charge is 0.254 e. The molecule has 4 aromatic rings. The molecule has 0 aliphatic carbocycles. The predicted molar refractivity (Wildman–Crippen MR) is 147 cm³/mol. The van der Waals surface area contributed by atoms with E-state index in [4.69, 9.17) is 9.72 Å². The summed E-state index contributed by atoms with van der Waals surface area (Å²) >= 11 is 0. The van der Waals surface area contributed by atoms with Gasteiger partial charge in [0.15, 0.2) is 0 Å². The number of aromatic nitrogens is 2. The van der Waals surface area contributed by atoms with Crippen LogP contribution in [0.4, 0.5) is 4.39 Å². The van der Waals surface area contributed by atoms with Gasteiger partial charge in [0.25, 0.3) is 5.91 Å². The third-order valence-corrected chi connectivity index (χ3v) is 6.52. The lowest BCUT2D eigenvalue weighted by Gasteiger charge is -2.19. The minimum Gasteiger partial charge on any atom is -0.492 e. The number of unbranched alkanes of at least 4 members (excludes halogenated alkanes) is 2. The second kappa shape index (κ2) is 12.0. The highest BCUT2D eigenvalue weighted by Gasteiger charge is 2.14. The van der Waals surface area contributed by atoms with Crippen molar-refractivity contribution in [1.29, 1.82) is 0 Å². The van der Waals surface area contributed by atoms with Gasteiger partial charge in [0.2, 0.25) is 0 Å². The number of amides is 1. The Morgan fingerprint density at radius 1 is 0.946 bits per heavy atom. The number of benzene rings is 3. The number of aryl methyl sites for hydroxylation is 1. The lowest BCUT2D eigenvalue weighted by atomic mass is 9.87. The number of halogens is 1. The van der Waals surface area contributed by atoms with Crippen LogP contribution in [-0.2, 0) is 18.4 Å². The molecule has 1 N–H and O–H groups in total. The van der Waals surface area contributed by atoms with Crippen molar-refractivity contribution in [3.63, 3.8) is 0 Å². The van der Waals surface area contributed by atoms with Crippen LogP contribution < -0.4 is 10.1 Å². The molecule has 1 aromatic heterocycles. The van der Waals surface area contributed by atoms with Gasteiger partial charge in [0, 0.05) is 13.0 Å². The third kappa shape index (κ3) is 6.97. The van der Waals surface area contributed by atoms with Crippen LogP contribution in [0.3, 0.4) is 0 Å². The van der Waals surface area contributed by atoms with E-state index in [0.717, 1.165) is 54.8 Å². The standard InChI is InChI=1S/C31H36FN3O2/c1-31(2,3)23-16-18-24(19-17-23)37-22-21-35-28-14-9-8-13-27(28)34-29(35)15-5-4-10-20-33-30(36)25-11-6-7-12-26(25)32/h6-9,11-14,16-19H,4-5,10,15,20-22H2,1-3H3,(H,33,36). The van der Waals surface area contributed by atoms with Crippen molar-refractivity contribution in [3.8, 4) is 5.75 Å². The topological polar surface area (TPSA) is 56.1 Å². The lowest BCUT2D eigenvalue weighted by Crippen LogP contribution is -2.25. The summed E-state index contributed by atoms with van der Waals surface area (Å²) in [5.41, 5.74) is 3.60. The molecular weight excluding hydrogens is 465 g/mol. The average molecular weight is 502 g/mol. The maximum atomic E-state index is 13.7. The molecule has 5 nitrogen and oxygen atoms in total. The molecule has 0 saturated heterocycles. The van der Waals surface area contributed by atoms with Crippen LogP contribution in [0, 0.1) is 5.82 Å². The summed E-state index contributed by atoms with van der Waals surface area (Å²) in [5, 5.41) is 2.81. The van der Waals surface area contributed by atoms with E-state index >= 15 is 0 Å². The Bertz CT molecular complexity index is 1320. The van der Waals surface area contributed by atoms with Gasteiger partial charge in [-0.05, 0) is 60.2 Å². The zero-order chi connectivity index (χ0) is 26.3. The zero-order valence-electron chi connectivity index (χ0n) is 22.0. The Kier molecular flexibility index (Phi) is 8.59. The molecule has 6 heteroatoms. The monoisotopic (exact) mass is 501 g/mol. The molecule has 1 amide bonds. The molecule has 0 unspecified atom stereocenters. The lowest BCUT2D eigenvalue weighted by molar-refractivity contribution is 0.0949. The van der Waals surface area contributed by atoms with Gasteiger partial charge in [-0.1, -0.05) is 63.6 Å². The molecule has 0 spiro atoms. The van der Waals surface area contributed by atoms with Crippen LogP contribution in [0.15, 0.2) is 72.8 Å². The maximum Gasteiger partial charge on any atom is 0.254 e. The van der Waals surface area contributed by atoms with Crippen molar-refractivity contribution in [2.75, 3.05) is 13.2 Å². The fourth-order valence-corrected chi connectivity index (χ4v) is 4.40. The summed E-state index contributed by atoms with van der Waals surface area (Å²) in [7, 11) is 0. The molecular formula is C31H36FN3O2. The van der Waals surface area contributed by atoms with Crippen molar-refractivity contribution in [2.24, 2.45) is 0 Å². The first-order valence-corrected chi connectivity index (χ1v) is 13.0. The second-order valence-electron chi connectivity index (χ2n) is 10.3.